The molecule has 0 aliphatic carbocycles. The zero-order valence-corrected chi connectivity index (χ0v) is 16.0. The molecule has 1 atom stereocenters. The fraction of sp³-hybridized carbons (Fsp3) is 0.526. The van der Waals surface area contributed by atoms with Gasteiger partial charge in [0.2, 0.25) is 0 Å². The lowest BCUT2D eigenvalue weighted by Crippen LogP contribution is -2.40. The second-order valence-corrected chi connectivity index (χ2v) is 7.53. The summed E-state index contributed by atoms with van der Waals surface area (Å²) in [5.41, 5.74) is 0. The molecule has 1 fully saturated rings. The van der Waals surface area contributed by atoms with Crippen LogP contribution >= 0.6 is 11.3 Å². The van der Waals surface area contributed by atoms with Gasteiger partial charge in [0.15, 0.2) is 0 Å². The second kappa shape index (κ2) is 8.65. The van der Waals surface area contributed by atoms with Gasteiger partial charge in [-0.05, 0) is 44.4 Å². The van der Waals surface area contributed by atoms with Crippen molar-refractivity contribution >= 4 is 17.2 Å². The summed E-state index contributed by atoms with van der Waals surface area (Å²) in [5, 5.41) is 5.57. The SMILES string of the molecule is Cc1ccc(C(CN=C(NC(C)C)c2cccs2)N2CCOCC2)o1. The van der Waals surface area contributed by atoms with Crippen LogP contribution in [-0.2, 0) is 4.74 Å². The maximum Gasteiger partial charge on any atom is 0.138 e. The first kappa shape index (κ1) is 18.2. The molecule has 0 amide bonds. The molecule has 0 bridgehead atoms. The Morgan fingerprint density at radius 2 is 2.08 bits per heavy atom. The molecule has 1 unspecified atom stereocenters. The van der Waals surface area contributed by atoms with E-state index in [1.807, 2.05) is 13.0 Å². The van der Waals surface area contributed by atoms with Gasteiger partial charge in [-0.25, -0.2) is 0 Å². The average molecular weight is 362 g/mol. The lowest BCUT2D eigenvalue weighted by molar-refractivity contribution is 0.0135. The van der Waals surface area contributed by atoms with Gasteiger partial charge in [-0.3, -0.25) is 9.89 Å². The van der Waals surface area contributed by atoms with Crippen molar-refractivity contribution in [2.24, 2.45) is 4.99 Å². The van der Waals surface area contributed by atoms with Gasteiger partial charge in [0.05, 0.1) is 30.7 Å². The molecule has 136 valence electrons. The molecule has 25 heavy (non-hydrogen) atoms. The number of nitrogens with zero attached hydrogens (tertiary/aromatic N) is 2. The Balaban J connectivity index is 1.82. The molecule has 1 aliphatic rings. The minimum Gasteiger partial charge on any atom is -0.465 e. The zero-order chi connectivity index (χ0) is 17.6. The predicted octanol–water partition coefficient (Wildman–Crippen LogP) is 3.47. The fourth-order valence-corrected chi connectivity index (χ4v) is 3.66. The number of aryl methyl sites for hydroxylation is 1. The molecule has 5 nitrogen and oxygen atoms in total. The van der Waals surface area contributed by atoms with Crippen molar-refractivity contribution in [1.29, 1.82) is 0 Å². The summed E-state index contributed by atoms with van der Waals surface area (Å²) in [7, 11) is 0. The van der Waals surface area contributed by atoms with Gasteiger partial charge in [-0.15, -0.1) is 11.3 Å². The Bertz CT molecular complexity index is 673. The first-order valence-electron chi connectivity index (χ1n) is 8.86. The highest BCUT2D eigenvalue weighted by atomic mass is 32.1. The summed E-state index contributed by atoms with van der Waals surface area (Å²) < 4.78 is 11.4. The summed E-state index contributed by atoms with van der Waals surface area (Å²) in [6.45, 7) is 10.3. The van der Waals surface area contributed by atoms with Crippen LogP contribution in [0.5, 0.6) is 0 Å². The number of thiophene rings is 1. The molecule has 1 aliphatic heterocycles. The second-order valence-electron chi connectivity index (χ2n) is 6.58. The van der Waals surface area contributed by atoms with Gasteiger partial charge in [-0.1, -0.05) is 6.07 Å². The number of morpholine rings is 1. The number of aliphatic imine (C=N–C) groups is 1. The molecule has 0 spiro atoms. The molecule has 3 rings (SSSR count). The minimum atomic E-state index is 0.140. The van der Waals surface area contributed by atoms with Crippen LogP contribution < -0.4 is 5.32 Å². The Morgan fingerprint density at radius 3 is 2.68 bits per heavy atom. The van der Waals surface area contributed by atoms with Crippen LogP contribution in [0.15, 0.2) is 39.1 Å². The molecular weight excluding hydrogens is 334 g/mol. The first-order valence-corrected chi connectivity index (χ1v) is 9.74. The van der Waals surface area contributed by atoms with Gasteiger partial charge in [0.1, 0.15) is 17.4 Å². The van der Waals surface area contributed by atoms with Crippen LogP contribution in [0, 0.1) is 6.92 Å². The maximum atomic E-state index is 5.93. The summed E-state index contributed by atoms with van der Waals surface area (Å²) in [4.78, 5) is 8.52. The number of furan rings is 1. The van der Waals surface area contributed by atoms with Gasteiger partial charge in [0, 0.05) is 19.1 Å². The van der Waals surface area contributed by atoms with Crippen molar-refractivity contribution in [3.05, 3.63) is 46.0 Å². The number of amidine groups is 1. The Hall–Kier alpha value is -1.63. The van der Waals surface area contributed by atoms with E-state index in [4.69, 9.17) is 14.1 Å². The van der Waals surface area contributed by atoms with Crippen molar-refractivity contribution in [3.63, 3.8) is 0 Å². The van der Waals surface area contributed by atoms with E-state index in [0.717, 1.165) is 43.7 Å². The molecule has 0 saturated carbocycles. The van der Waals surface area contributed by atoms with Crippen molar-refractivity contribution in [3.8, 4) is 0 Å². The van der Waals surface area contributed by atoms with Crippen LogP contribution in [-0.4, -0.2) is 49.6 Å². The third-order valence-corrected chi connectivity index (χ3v) is 5.05. The summed E-state index contributed by atoms with van der Waals surface area (Å²) in [5.74, 6) is 2.89. The Morgan fingerprint density at radius 1 is 1.28 bits per heavy atom. The van der Waals surface area contributed by atoms with Crippen molar-refractivity contribution < 1.29 is 9.15 Å². The van der Waals surface area contributed by atoms with Crippen molar-refractivity contribution in [2.45, 2.75) is 32.9 Å². The van der Waals surface area contributed by atoms with Crippen molar-refractivity contribution in [2.75, 3.05) is 32.8 Å². The molecule has 3 heterocycles. The summed E-state index contributed by atoms with van der Waals surface area (Å²) >= 11 is 1.71. The topological polar surface area (TPSA) is 50.0 Å². The highest BCUT2D eigenvalue weighted by molar-refractivity contribution is 7.12. The van der Waals surface area contributed by atoms with E-state index in [1.54, 1.807) is 11.3 Å². The molecule has 6 heteroatoms. The number of hydrogen-bond donors (Lipinski definition) is 1. The fourth-order valence-electron chi connectivity index (χ4n) is 2.97. The van der Waals surface area contributed by atoms with Gasteiger partial charge >= 0.3 is 0 Å². The van der Waals surface area contributed by atoms with E-state index in [9.17, 15) is 0 Å². The van der Waals surface area contributed by atoms with E-state index in [2.05, 4.69) is 47.6 Å². The van der Waals surface area contributed by atoms with Gasteiger partial charge in [0.25, 0.3) is 0 Å². The summed E-state index contributed by atoms with van der Waals surface area (Å²) in [6, 6.07) is 8.76. The van der Waals surface area contributed by atoms with Crippen molar-refractivity contribution in [1.82, 2.24) is 10.2 Å². The monoisotopic (exact) mass is 361 g/mol. The standard InChI is InChI=1S/C19H27N3O2S/c1-14(2)21-19(18-5-4-12-25-18)20-13-16(17-7-6-15(3)24-17)22-8-10-23-11-9-22/h4-7,12,14,16H,8-11,13H2,1-3H3,(H,20,21). The number of rotatable bonds is 6. The molecule has 1 N–H and O–H groups in total. The Kier molecular flexibility index (Phi) is 6.29. The highest BCUT2D eigenvalue weighted by Crippen LogP contribution is 2.24. The quantitative estimate of drug-likeness (QED) is 0.632. The predicted molar refractivity (Wildman–Crippen MR) is 103 cm³/mol. The molecule has 2 aromatic heterocycles. The molecule has 1 saturated heterocycles. The molecule has 2 aromatic rings. The van der Waals surface area contributed by atoms with Gasteiger partial charge in [-0.2, -0.15) is 0 Å². The van der Waals surface area contributed by atoms with E-state index >= 15 is 0 Å². The third kappa shape index (κ3) is 4.93. The highest BCUT2D eigenvalue weighted by Gasteiger charge is 2.25. The van der Waals surface area contributed by atoms with E-state index in [-0.39, 0.29) is 6.04 Å². The van der Waals surface area contributed by atoms with Crippen LogP contribution in [0.2, 0.25) is 0 Å². The largest absolute Gasteiger partial charge is 0.465 e. The van der Waals surface area contributed by atoms with Gasteiger partial charge < -0.3 is 14.5 Å². The van der Waals surface area contributed by atoms with E-state index in [1.165, 1.54) is 4.88 Å². The van der Waals surface area contributed by atoms with Crippen LogP contribution in [0.4, 0.5) is 0 Å². The molecule has 0 aromatic carbocycles. The lowest BCUT2D eigenvalue weighted by Gasteiger charge is -2.32. The number of ether oxygens (including phenoxy) is 1. The van der Waals surface area contributed by atoms with Crippen LogP contribution in [0.25, 0.3) is 0 Å². The van der Waals surface area contributed by atoms with Crippen LogP contribution in [0.3, 0.4) is 0 Å². The number of nitrogens with one attached hydrogen (secondary N) is 1. The molecular formula is C19H27N3O2S. The first-order chi connectivity index (χ1) is 12.1. The number of hydrogen-bond acceptors (Lipinski definition) is 5. The third-order valence-electron chi connectivity index (χ3n) is 4.18. The maximum absolute atomic E-state index is 5.93. The van der Waals surface area contributed by atoms with E-state index < -0.39 is 0 Å². The average Bonchev–Trinajstić information content (AvgIpc) is 3.27. The zero-order valence-electron chi connectivity index (χ0n) is 15.2. The van der Waals surface area contributed by atoms with Crippen LogP contribution in [0.1, 0.15) is 36.3 Å². The van der Waals surface area contributed by atoms with E-state index in [0.29, 0.717) is 12.6 Å². The Labute approximate surface area is 153 Å². The minimum absolute atomic E-state index is 0.140. The summed E-state index contributed by atoms with van der Waals surface area (Å²) in [6.07, 6.45) is 0. The molecule has 0 radical (unpaired) electrons. The smallest absolute Gasteiger partial charge is 0.138 e. The normalized spacial score (nSPS) is 17.8. The lowest BCUT2D eigenvalue weighted by atomic mass is 10.1.